The van der Waals surface area contributed by atoms with E-state index in [2.05, 4.69) is 15.9 Å². The predicted molar refractivity (Wildman–Crippen MR) is 136 cm³/mol. The molecule has 0 fully saturated rings. The van der Waals surface area contributed by atoms with E-state index in [9.17, 15) is 14.0 Å². The van der Waals surface area contributed by atoms with Crippen LogP contribution in [0.2, 0.25) is 0 Å². The first-order valence-electron chi connectivity index (χ1n) is 11.6. The molecule has 36 heavy (non-hydrogen) atoms. The van der Waals surface area contributed by atoms with Crippen LogP contribution in [0.5, 0.6) is 11.5 Å². The molecule has 0 aromatic heterocycles. The number of carbonyl (C=O) groups is 2. The molecule has 0 atom stereocenters. The third-order valence-corrected chi connectivity index (χ3v) is 5.99. The summed E-state index contributed by atoms with van der Waals surface area (Å²) >= 11 is 3.51. The van der Waals surface area contributed by atoms with Gasteiger partial charge in [-0.2, -0.15) is 0 Å². The van der Waals surface area contributed by atoms with Crippen LogP contribution in [0.25, 0.3) is 0 Å². The molecular formula is C27H29BrFNO6. The molecule has 9 heteroatoms. The van der Waals surface area contributed by atoms with Crippen LogP contribution in [0.15, 0.2) is 64.4 Å². The number of hydrogen-bond acceptors (Lipinski definition) is 7. The third-order valence-electron chi connectivity index (χ3n) is 5.40. The summed E-state index contributed by atoms with van der Waals surface area (Å²) in [5, 5.41) is 0. The molecule has 3 rings (SSSR count). The van der Waals surface area contributed by atoms with Gasteiger partial charge in [-0.15, -0.1) is 0 Å². The van der Waals surface area contributed by atoms with E-state index >= 15 is 0 Å². The monoisotopic (exact) mass is 561 g/mol. The number of carbonyl (C=O) groups excluding carboxylic acids is 2. The average Bonchev–Trinajstić information content (AvgIpc) is 2.85. The van der Waals surface area contributed by atoms with E-state index in [4.69, 9.17) is 18.9 Å². The Labute approximate surface area is 218 Å². The van der Waals surface area contributed by atoms with Crippen molar-refractivity contribution in [3.8, 4) is 11.5 Å². The maximum atomic E-state index is 13.4. The van der Waals surface area contributed by atoms with Crippen molar-refractivity contribution < 1.29 is 32.9 Å². The van der Waals surface area contributed by atoms with Crippen LogP contribution in [0.1, 0.15) is 37.8 Å². The van der Waals surface area contributed by atoms with Crippen molar-refractivity contribution in [2.75, 3.05) is 26.9 Å². The Morgan fingerprint density at radius 1 is 0.944 bits per heavy atom. The van der Waals surface area contributed by atoms with E-state index in [1.807, 2.05) is 6.92 Å². The standard InChI is InChI=1S/C27H29BrFNO6/c1-5-34-23-13-18(12-22(28)25(23)33-4)24-20(26(31)35-6-2)15-30(16-21(24)27(32)36-7-3)14-17-8-10-19(29)11-9-17/h8-13,15-16,24H,5-7,14H2,1-4H3. The van der Waals surface area contributed by atoms with Crippen molar-refractivity contribution in [1.29, 1.82) is 0 Å². The molecule has 0 N–H and O–H groups in total. The molecular weight excluding hydrogens is 533 g/mol. The van der Waals surface area contributed by atoms with Gasteiger partial charge in [0.15, 0.2) is 11.5 Å². The van der Waals surface area contributed by atoms with Gasteiger partial charge in [0.1, 0.15) is 5.82 Å². The molecule has 192 valence electrons. The topological polar surface area (TPSA) is 74.3 Å². The summed E-state index contributed by atoms with van der Waals surface area (Å²) in [6, 6.07) is 9.53. The number of esters is 2. The molecule has 0 saturated carbocycles. The Morgan fingerprint density at radius 3 is 2.03 bits per heavy atom. The van der Waals surface area contributed by atoms with Crippen molar-refractivity contribution in [2.45, 2.75) is 33.2 Å². The Morgan fingerprint density at radius 2 is 1.53 bits per heavy atom. The normalized spacial score (nSPS) is 13.6. The first-order valence-corrected chi connectivity index (χ1v) is 12.4. The zero-order valence-electron chi connectivity index (χ0n) is 20.7. The van der Waals surface area contributed by atoms with E-state index in [-0.39, 0.29) is 30.2 Å². The highest BCUT2D eigenvalue weighted by Gasteiger charge is 2.36. The molecule has 1 aliphatic rings. The minimum absolute atomic E-state index is 0.163. The maximum absolute atomic E-state index is 13.4. The number of methoxy groups -OCH3 is 1. The van der Waals surface area contributed by atoms with Crippen LogP contribution in [0.3, 0.4) is 0 Å². The van der Waals surface area contributed by atoms with E-state index < -0.39 is 17.9 Å². The van der Waals surface area contributed by atoms with Gasteiger partial charge in [0.05, 0.1) is 48.5 Å². The number of hydrogen-bond donors (Lipinski definition) is 0. The molecule has 0 radical (unpaired) electrons. The largest absolute Gasteiger partial charge is 0.492 e. The number of rotatable bonds is 10. The molecule has 0 unspecified atom stereocenters. The Hall–Kier alpha value is -3.33. The Bertz CT molecular complexity index is 1130. The van der Waals surface area contributed by atoms with E-state index in [0.29, 0.717) is 34.7 Å². The van der Waals surface area contributed by atoms with Crippen LogP contribution in [0.4, 0.5) is 4.39 Å². The van der Waals surface area contributed by atoms with Crippen LogP contribution in [-0.2, 0) is 25.6 Å². The van der Waals surface area contributed by atoms with Crippen LogP contribution < -0.4 is 9.47 Å². The number of nitrogens with zero attached hydrogens (tertiary/aromatic N) is 1. The number of halogens is 2. The molecule has 0 amide bonds. The van der Waals surface area contributed by atoms with Gasteiger partial charge in [-0.05, 0) is 72.1 Å². The SMILES string of the molecule is CCOC(=O)C1=CN(Cc2ccc(F)cc2)C=C(C(=O)OCC)C1c1cc(Br)c(OC)c(OCC)c1. The fraction of sp³-hybridized carbons (Fsp3) is 0.333. The first kappa shape index (κ1) is 27.3. The van der Waals surface area contributed by atoms with Crippen molar-refractivity contribution in [2.24, 2.45) is 0 Å². The van der Waals surface area contributed by atoms with Gasteiger partial charge >= 0.3 is 11.9 Å². The quantitative estimate of drug-likeness (QED) is 0.355. The molecule has 1 aliphatic heterocycles. The summed E-state index contributed by atoms with van der Waals surface area (Å²) in [6.45, 7) is 6.30. The van der Waals surface area contributed by atoms with E-state index in [1.165, 1.54) is 19.2 Å². The lowest BCUT2D eigenvalue weighted by Gasteiger charge is -2.31. The van der Waals surface area contributed by atoms with Crippen LogP contribution >= 0.6 is 15.9 Å². The van der Waals surface area contributed by atoms with Crippen molar-refractivity contribution in [1.82, 2.24) is 4.90 Å². The van der Waals surface area contributed by atoms with Crippen LogP contribution in [0, 0.1) is 5.82 Å². The van der Waals surface area contributed by atoms with Crippen molar-refractivity contribution >= 4 is 27.9 Å². The van der Waals surface area contributed by atoms with Crippen molar-refractivity contribution in [3.63, 3.8) is 0 Å². The summed E-state index contributed by atoms with van der Waals surface area (Å²) in [7, 11) is 1.53. The summed E-state index contributed by atoms with van der Waals surface area (Å²) in [5.41, 5.74) is 1.92. The molecule has 7 nitrogen and oxygen atoms in total. The first-order chi connectivity index (χ1) is 17.3. The van der Waals surface area contributed by atoms with Crippen LogP contribution in [-0.4, -0.2) is 43.8 Å². The van der Waals surface area contributed by atoms with E-state index in [1.54, 1.807) is 55.4 Å². The fourth-order valence-electron chi connectivity index (χ4n) is 3.95. The zero-order valence-corrected chi connectivity index (χ0v) is 22.3. The van der Waals surface area contributed by atoms with Gasteiger partial charge in [0, 0.05) is 18.9 Å². The fourth-order valence-corrected chi connectivity index (χ4v) is 4.57. The van der Waals surface area contributed by atoms with Crippen molar-refractivity contribution in [3.05, 3.63) is 81.4 Å². The highest BCUT2D eigenvalue weighted by molar-refractivity contribution is 9.10. The lowest BCUT2D eigenvalue weighted by atomic mass is 9.83. The molecule has 0 aliphatic carbocycles. The van der Waals surface area contributed by atoms with Gasteiger partial charge in [0.2, 0.25) is 0 Å². The average molecular weight is 562 g/mol. The van der Waals surface area contributed by atoms with Gasteiger partial charge in [-0.1, -0.05) is 12.1 Å². The smallest absolute Gasteiger partial charge is 0.336 e. The molecule has 0 saturated heterocycles. The van der Waals surface area contributed by atoms with E-state index in [0.717, 1.165) is 5.56 Å². The zero-order chi connectivity index (χ0) is 26.2. The molecule has 1 heterocycles. The Balaban J connectivity index is 2.16. The number of ether oxygens (including phenoxy) is 4. The molecule has 2 aromatic carbocycles. The third kappa shape index (κ3) is 6.26. The minimum Gasteiger partial charge on any atom is -0.492 e. The molecule has 0 bridgehead atoms. The Kier molecular flexibility index (Phi) is 9.52. The highest BCUT2D eigenvalue weighted by atomic mass is 79.9. The second-order valence-corrected chi connectivity index (χ2v) is 8.66. The maximum Gasteiger partial charge on any atom is 0.336 e. The minimum atomic E-state index is -0.783. The lowest BCUT2D eigenvalue weighted by molar-refractivity contribution is -0.139. The molecule has 2 aromatic rings. The summed E-state index contributed by atoms with van der Waals surface area (Å²) < 4.78 is 36.0. The summed E-state index contributed by atoms with van der Waals surface area (Å²) in [5.74, 6) is -1.30. The van der Waals surface area contributed by atoms with Gasteiger partial charge in [-0.3, -0.25) is 0 Å². The highest BCUT2D eigenvalue weighted by Crippen LogP contribution is 2.44. The molecule has 0 spiro atoms. The second kappa shape index (κ2) is 12.6. The van der Waals surface area contributed by atoms with Gasteiger partial charge < -0.3 is 23.8 Å². The predicted octanol–water partition coefficient (Wildman–Crippen LogP) is 5.49. The van der Waals surface area contributed by atoms with Gasteiger partial charge in [0.25, 0.3) is 0 Å². The number of benzene rings is 2. The second-order valence-electron chi connectivity index (χ2n) is 7.81. The van der Waals surface area contributed by atoms with Gasteiger partial charge in [-0.25, -0.2) is 14.0 Å². The lowest BCUT2D eigenvalue weighted by Crippen LogP contribution is -2.29. The summed E-state index contributed by atoms with van der Waals surface area (Å²) in [4.78, 5) is 28.0. The summed E-state index contributed by atoms with van der Waals surface area (Å²) in [6.07, 6.45) is 3.29.